The van der Waals surface area contributed by atoms with Crippen molar-refractivity contribution >= 4 is 23.5 Å². The Morgan fingerprint density at radius 3 is 2.89 bits per heavy atom. The Morgan fingerprint density at radius 2 is 2.21 bits per heavy atom. The van der Waals surface area contributed by atoms with Crippen molar-refractivity contribution in [2.45, 2.75) is 6.92 Å². The van der Waals surface area contributed by atoms with Crippen molar-refractivity contribution in [1.82, 2.24) is 15.2 Å². The van der Waals surface area contributed by atoms with Crippen molar-refractivity contribution in [1.29, 1.82) is 0 Å². The molecular formula is C13H20N4OS. The number of amides is 1. The number of nitrogens with zero attached hydrogens (tertiary/aromatic N) is 2. The molecule has 0 saturated carbocycles. The summed E-state index contributed by atoms with van der Waals surface area (Å²) in [4.78, 5) is 18.4. The molecule has 0 atom stereocenters. The van der Waals surface area contributed by atoms with Gasteiger partial charge < -0.3 is 11.1 Å². The van der Waals surface area contributed by atoms with Crippen LogP contribution in [0.5, 0.6) is 0 Å². The molecule has 1 aliphatic rings. The zero-order chi connectivity index (χ0) is 13.7. The number of aromatic nitrogens is 1. The fraction of sp³-hybridized carbons (Fsp3) is 0.538. The summed E-state index contributed by atoms with van der Waals surface area (Å²) in [5.41, 5.74) is 6.99. The van der Waals surface area contributed by atoms with Crippen LogP contribution in [0.25, 0.3) is 0 Å². The van der Waals surface area contributed by atoms with Crippen LogP contribution >= 0.6 is 11.8 Å². The van der Waals surface area contributed by atoms with Crippen molar-refractivity contribution in [3.05, 3.63) is 23.4 Å². The summed E-state index contributed by atoms with van der Waals surface area (Å²) < 4.78 is 0. The molecular weight excluding hydrogens is 260 g/mol. The second-order valence-corrected chi connectivity index (χ2v) is 5.86. The molecule has 1 amide bonds. The third kappa shape index (κ3) is 4.40. The van der Waals surface area contributed by atoms with Crippen LogP contribution in [0.3, 0.4) is 0 Å². The molecule has 0 unspecified atom stereocenters. The summed E-state index contributed by atoms with van der Waals surface area (Å²) in [5.74, 6) is 2.68. The molecule has 1 aromatic heterocycles. The maximum absolute atomic E-state index is 12.0. The highest BCUT2D eigenvalue weighted by molar-refractivity contribution is 7.99. The van der Waals surface area contributed by atoms with Gasteiger partial charge >= 0.3 is 0 Å². The summed E-state index contributed by atoms with van der Waals surface area (Å²) >= 11 is 1.99. The molecule has 2 rings (SSSR count). The second kappa shape index (κ2) is 6.77. The van der Waals surface area contributed by atoms with Gasteiger partial charge in [0.05, 0.1) is 0 Å². The number of anilines is 1. The Morgan fingerprint density at radius 1 is 1.47 bits per heavy atom. The summed E-state index contributed by atoms with van der Waals surface area (Å²) in [6.07, 6.45) is 0. The minimum Gasteiger partial charge on any atom is -0.384 e. The van der Waals surface area contributed by atoms with Gasteiger partial charge in [-0.25, -0.2) is 4.98 Å². The first-order chi connectivity index (χ1) is 9.15. The number of nitrogens with two attached hydrogens (primary N) is 1. The van der Waals surface area contributed by atoms with Crippen LogP contribution in [0.15, 0.2) is 12.1 Å². The van der Waals surface area contributed by atoms with Crippen molar-refractivity contribution in [3.63, 3.8) is 0 Å². The van der Waals surface area contributed by atoms with E-state index in [2.05, 4.69) is 15.2 Å². The van der Waals surface area contributed by atoms with Crippen LogP contribution in [-0.4, -0.2) is 53.5 Å². The van der Waals surface area contributed by atoms with Crippen molar-refractivity contribution in [2.24, 2.45) is 0 Å². The number of pyridine rings is 1. The van der Waals surface area contributed by atoms with E-state index >= 15 is 0 Å². The monoisotopic (exact) mass is 280 g/mol. The number of rotatable bonds is 4. The van der Waals surface area contributed by atoms with Crippen LogP contribution < -0.4 is 11.1 Å². The molecule has 104 valence electrons. The van der Waals surface area contributed by atoms with Gasteiger partial charge in [-0.15, -0.1) is 0 Å². The molecule has 6 heteroatoms. The Hall–Kier alpha value is -1.27. The van der Waals surface area contributed by atoms with E-state index in [9.17, 15) is 4.79 Å². The lowest BCUT2D eigenvalue weighted by atomic mass is 10.2. The quantitative estimate of drug-likeness (QED) is 0.851. The van der Waals surface area contributed by atoms with Gasteiger partial charge in [0.25, 0.3) is 5.91 Å². The maximum Gasteiger partial charge on any atom is 0.251 e. The van der Waals surface area contributed by atoms with Crippen LogP contribution in [0.1, 0.15) is 16.1 Å². The molecule has 1 fully saturated rings. The summed E-state index contributed by atoms with van der Waals surface area (Å²) in [7, 11) is 0. The minimum absolute atomic E-state index is 0.0800. The molecule has 1 saturated heterocycles. The number of carbonyl (C=O) groups is 1. The average Bonchev–Trinajstić information content (AvgIpc) is 2.38. The van der Waals surface area contributed by atoms with Crippen LogP contribution in [-0.2, 0) is 0 Å². The molecule has 3 N–H and O–H groups in total. The second-order valence-electron chi connectivity index (χ2n) is 4.63. The minimum atomic E-state index is -0.0800. The Labute approximate surface area is 117 Å². The molecule has 0 bridgehead atoms. The lowest BCUT2D eigenvalue weighted by Gasteiger charge is -2.26. The van der Waals surface area contributed by atoms with Crippen molar-refractivity contribution in [2.75, 3.05) is 43.4 Å². The number of carbonyl (C=O) groups excluding carboxylic acids is 1. The maximum atomic E-state index is 12.0. The first-order valence-corrected chi connectivity index (χ1v) is 7.63. The largest absolute Gasteiger partial charge is 0.384 e. The van der Waals surface area contributed by atoms with Gasteiger partial charge in [0.15, 0.2) is 0 Å². The van der Waals surface area contributed by atoms with Crippen molar-refractivity contribution in [3.8, 4) is 0 Å². The third-order valence-corrected chi connectivity index (χ3v) is 4.00. The molecule has 0 aromatic carbocycles. The van der Waals surface area contributed by atoms with Gasteiger partial charge in [-0.3, -0.25) is 9.69 Å². The van der Waals surface area contributed by atoms with E-state index in [1.54, 1.807) is 12.1 Å². The van der Waals surface area contributed by atoms with E-state index in [0.717, 1.165) is 25.3 Å². The standard InChI is InChI=1S/C13H20N4OS/c1-10-8-11(9-12(14)16-10)13(18)15-2-3-17-4-6-19-7-5-17/h8-9H,2-7H2,1H3,(H2,14,16)(H,15,18). The molecule has 1 aliphatic heterocycles. The Kier molecular flexibility index (Phi) is 5.04. The van der Waals surface area contributed by atoms with E-state index in [-0.39, 0.29) is 5.91 Å². The normalized spacial score (nSPS) is 16.3. The topological polar surface area (TPSA) is 71.2 Å². The first-order valence-electron chi connectivity index (χ1n) is 6.47. The Bertz CT molecular complexity index is 426. The summed E-state index contributed by atoms with van der Waals surface area (Å²) in [5, 5.41) is 2.93. The number of aryl methyl sites for hydroxylation is 1. The van der Waals surface area contributed by atoms with E-state index in [1.165, 1.54) is 11.5 Å². The molecule has 0 radical (unpaired) electrons. The smallest absolute Gasteiger partial charge is 0.251 e. The SMILES string of the molecule is Cc1cc(C(=O)NCCN2CCSCC2)cc(N)n1. The van der Waals surface area contributed by atoms with Gasteiger partial charge in [-0.1, -0.05) is 0 Å². The molecule has 2 heterocycles. The van der Waals surface area contributed by atoms with Crippen LogP contribution in [0.4, 0.5) is 5.82 Å². The van der Waals surface area contributed by atoms with Gasteiger partial charge in [0.1, 0.15) is 5.82 Å². The molecule has 1 aromatic rings. The predicted molar refractivity (Wildman–Crippen MR) is 79.5 cm³/mol. The van der Waals surface area contributed by atoms with Crippen LogP contribution in [0.2, 0.25) is 0 Å². The van der Waals surface area contributed by atoms with Gasteiger partial charge in [0.2, 0.25) is 0 Å². The van der Waals surface area contributed by atoms with Gasteiger partial charge in [-0.2, -0.15) is 11.8 Å². The number of thioether (sulfide) groups is 1. The van der Waals surface area contributed by atoms with E-state index in [1.807, 2.05) is 18.7 Å². The zero-order valence-corrected chi connectivity index (χ0v) is 12.0. The highest BCUT2D eigenvalue weighted by atomic mass is 32.2. The zero-order valence-electron chi connectivity index (χ0n) is 11.2. The first kappa shape index (κ1) is 14.1. The molecule has 19 heavy (non-hydrogen) atoms. The van der Waals surface area contributed by atoms with E-state index in [0.29, 0.717) is 17.9 Å². The van der Waals surface area contributed by atoms with Crippen molar-refractivity contribution < 1.29 is 4.79 Å². The van der Waals surface area contributed by atoms with Gasteiger partial charge in [-0.05, 0) is 19.1 Å². The van der Waals surface area contributed by atoms with Gasteiger partial charge in [0, 0.05) is 48.9 Å². The molecule has 0 spiro atoms. The summed E-state index contributed by atoms with van der Waals surface area (Å²) in [6, 6.07) is 3.36. The predicted octanol–water partition coefficient (Wildman–Crippen LogP) is 0.751. The molecule has 5 nitrogen and oxygen atoms in total. The van der Waals surface area contributed by atoms with Crippen LogP contribution in [0, 0.1) is 6.92 Å². The number of nitrogen functional groups attached to an aromatic ring is 1. The Balaban J connectivity index is 1.80. The summed E-state index contributed by atoms with van der Waals surface area (Å²) in [6.45, 7) is 5.64. The lowest BCUT2D eigenvalue weighted by Crippen LogP contribution is -2.39. The lowest BCUT2D eigenvalue weighted by molar-refractivity contribution is 0.0949. The number of hydrogen-bond donors (Lipinski definition) is 2. The third-order valence-electron chi connectivity index (χ3n) is 3.05. The highest BCUT2D eigenvalue weighted by Crippen LogP contribution is 2.09. The highest BCUT2D eigenvalue weighted by Gasteiger charge is 2.11. The number of nitrogens with one attached hydrogen (secondary N) is 1. The average molecular weight is 280 g/mol. The van der Waals surface area contributed by atoms with E-state index < -0.39 is 0 Å². The fourth-order valence-electron chi connectivity index (χ4n) is 2.08. The molecule has 0 aliphatic carbocycles. The van der Waals surface area contributed by atoms with E-state index in [4.69, 9.17) is 5.73 Å². The number of hydrogen-bond acceptors (Lipinski definition) is 5. The fourth-order valence-corrected chi connectivity index (χ4v) is 3.06.